The monoisotopic (exact) mass is 292 g/mol. The molecule has 112 valence electrons. The van der Waals surface area contributed by atoms with Gasteiger partial charge in [-0.2, -0.15) is 0 Å². The zero-order valence-electron chi connectivity index (χ0n) is 11.9. The smallest absolute Gasteiger partial charge is 0.310 e. The minimum Gasteiger partial charge on any atom is -0.469 e. The third kappa shape index (κ3) is 3.90. The van der Waals surface area contributed by atoms with Gasteiger partial charge < -0.3 is 10.1 Å². The van der Waals surface area contributed by atoms with E-state index in [0.717, 1.165) is 19.4 Å². The van der Waals surface area contributed by atoms with Crippen molar-refractivity contribution in [3.05, 3.63) is 0 Å². The van der Waals surface area contributed by atoms with Crippen LogP contribution in [-0.2, 0) is 19.6 Å². The molecule has 19 heavy (non-hydrogen) atoms. The van der Waals surface area contributed by atoms with Crippen molar-refractivity contribution in [1.29, 1.82) is 0 Å². The number of hydrogen-bond donors (Lipinski definition) is 1. The number of esters is 1. The molecule has 0 aromatic rings. The van der Waals surface area contributed by atoms with E-state index in [1.807, 2.05) is 7.05 Å². The zero-order chi connectivity index (χ0) is 14.5. The fourth-order valence-corrected chi connectivity index (χ4v) is 4.51. The van der Waals surface area contributed by atoms with E-state index < -0.39 is 27.2 Å². The number of sulfonamides is 1. The molecule has 6 nitrogen and oxygen atoms in total. The van der Waals surface area contributed by atoms with Crippen LogP contribution >= 0.6 is 0 Å². The van der Waals surface area contributed by atoms with Crippen molar-refractivity contribution in [3.8, 4) is 0 Å². The molecule has 2 atom stereocenters. The molecule has 7 heteroatoms. The minimum atomic E-state index is -3.42. The Hall–Kier alpha value is -0.660. The van der Waals surface area contributed by atoms with Gasteiger partial charge >= 0.3 is 5.97 Å². The SMILES string of the molecule is CNCCCN(C)S(=O)(=O)C1CCCC1C(=O)OC. The molecule has 1 N–H and O–H groups in total. The molecule has 0 aliphatic heterocycles. The molecular weight excluding hydrogens is 268 g/mol. The quantitative estimate of drug-likeness (QED) is 0.536. The van der Waals surface area contributed by atoms with Crippen molar-refractivity contribution < 1.29 is 17.9 Å². The van der Waals surface area contributed by atoms with E-state index in [9.17, 15) is 13.2 Å². The molecule has 0 aromatic heterocycles. The third-order valence-electron chi connectivity index (χ3n) is 3.67. The second kappa shape index (κ2) is 7.21. The van der Waals surface area contributed by atoms with Gasteiger partial charge in [0.25, 0.3) is 0 Å². The molecule has 1 aliphatic rings. The van der Waals surface area contributed by atoms with Crippen molar-refractivity contribution in [3.63, 3.8) is 0 Å². The summed E-state index contributed by atoms with van der Waals surface area (Å²) in [6.07, 6.45) is 2.65. The molecule has 1 fully saturated rings. The van der Waals surface area contributed by atoms with Crippen LogP contribution in [0.25, 0.3) is 0 Å². The van der Waals surface area contributed by atoms with Gasteiger partial charge in [-0.1, -0.05) is 6.42 Å². The summed E-state index contributed by atoms with van der Waals surface area (Å²) in [6, 6.07) is 0. The Labute approximate surface area is 115 Å². The first-order valence-corrected chi connectivity index (χ1v) is 8.13. The number of carbonyl (C=O) groups excluding carboxylic acids is 1. The standard InChI is InChI=1S/C12H24N2O4S/c1-13-8-5-9-14(2)19(16,17)11-7-4-6-10(11)12(15)18-3/h10-11,13H,4-9H2,1-3H3. The highest BCUT2D eigenvalue weighted by Gasteiger charge is 2.43. The van der Waals surface area contributed by atoms with Crippen LogP contribution in [0.1, 0.15) is 25.7 Å². The van der Waals surface area contributed by atoms with Crippen molar-refractivity contribution in [2.24, 2.45) is 5.92 Å². The number of carbonyl (C=O) groups is 1. The van der Waals surface area contributed by atoms with Crippen LogP contribution in [0.4, 0.5) is 0 Å². The highest BCUT2D eigenvalue weighted by atomic mass is 32.2. The van der Waals surface area contributed by atoms with E-state index in [4.69, 9.17) is 4.74 Å². The Bertz CT molecular complexity index is 397. The summed E-state index contributed by atoms with van der Waals surface area (Å²) < 4.78 is 31.0. The highest BCUT2D eigenvalue weighted by molar-refractivity contribution is 7.89. The summed E-state index contributed by atoms with van der Waals surface area (Å²) in [4.78, 5) is 11.6. The van der Waals surface area contributed by atoms with Gasteiger partial charge in [0, 0.05) is 13.6 Å². The molecule has 1 saturated carbocycles. The second-order valence-corrected chi connectivity index (χ2v) is 7.18. The number of hydrogen-bond acceptors (Lipinski definition) is 5. The predicted octanol–water partition coefficient (Wildman–Crippen LogP) is 0.199. The molecule has 0 aromatic carbocycles. The summed E-state index contributed by atoms with van der Waals surface area (Å²) in [5.74, 6) is -0.920. The fourth-order valence-electron chi connectivity index (χ4n) is 2.54. The molecule has 0 heterocycles. The Morgan fingerprint density at radius 3 is 2.68 bits per heavy atom. The summed E-state index contributed by atoms with van der Waals surface area (Å²) in [5.41, 5.74) is 0. The van der Waals surface area contributed by atoms with Crippen LogP contribution < -0.4 is 5.32 Å². The van der Waals surface area contributed by atoms with Gasteiger partial charge in [0.05, 0.1) is 18.3 Å². The third-order valence-corrected chi connectivity index (χ3v) is 6.05. The van der Waals surface area contributed by atoms with Crippen LogP contribution in [0.15, 0.2) is 0 Å². The van der Waals surface area contributed by atoms with Crippen molar-refractivity contribution in [2.75, 3.05) is 34.3 Å². The van der Waals surface area contributed by atoms with Crippen LogP contribution in [-0.4, -0.2) is 58.2 Å². The zero-order valence-corrected chi connectivity index (χ0v) is 12.7. The summed E-state index contributed by atoms with van der Waals surface area (Å²) in [6.45, 7) is 1.23. The lowest BCUT2D eigenvalue weighted by atomic mass is 10.1. The lowest BCUT2D eigenvalue weighted by molar-refractivity contribution is -0.145. The van der Waals surface area contributed by atoms with E-state index in [2.05, 4.69) is 5.32 Å². The van der Waals surface area contributed by atoms with Gasteiger partial charge in [-0.15, -0.1) is 0 Å². The van der Waals surface area contributed by atoms with Gasteiger partial charge in [-0.25, -0.2) is 12.7 Å². The van der Waals surface area contributed by atoms with E-state index in [1.165, 1.54) is 11.4 Å². The van der Waals surface area contributed by atoms with Crippen molar-refractivity contribution in [1.82, 2.24) is 9.62 Å². The summed E-state index contributed by atoms with van der Waals surface area (Å²) >= 11 is 0. The Morgan fingerprint density at radius 1 is 1.42 bits per heavy atom. The molecule has 1 rings (SSSR count). The maximum absolute atomic E-state index is 12.5. The lowest BCUT2D eigenvalue weighted by Crippen LogP contribution is -2.41. The van der Waals surface area contributed by atoms with Crippen LogP contribution in [0.3, 0.4) is 0 Å². The Morgan fingerprint density at radius 2 is 2.11 bits per heavy atom. The first-order chi connectivity index (χ1) is 8.95. The lowest BCUT2D eigenvalue weighted by Gasteiger charge is -2.24. The van der Waals surface area contributed by atoms with Gasteiger partial charge in [0.1, 0.15) is 0 Å². The molecule has 1 aliphatic carbocycles. The number of ether oxygens (including phenoxy) is 1. The summed E-state index contributed by atoms with van der Waals surface area (Å²) in [5, 5.41) is 2.36. The van der Waals surface area contributed by atoms with E-state index >= 15 is 0 Å². The number of methoxy groups -OCH3 is 1. The first-order valence-electron chi connectivity index (χ1n) is 6.62. The van der Waals surface area contributed by atoms with Gasteiger partial charge in [0.2, 0.25) is 10.0 Å². The normalized spacial score (nSPS) is 23.8. The molecule has 0 saturated heterocycles. The second-order valence-electron chi connectivity index (χ2n) is 4.92. The van der Waals surface area contributed by atoms with E-state index in [0.29, 0.717) is 19.4 Å². The molecule has 0 bridgehead atoms. The minimum absolute atomic E-state index is 0.408. The first kappa shape index (κ1) is 16.4. The maximum atomic E-state index is 12.5. The highest BCUT2D eigenvalue weighted by Crippen LogP contribution is 2.33. The molecule has 0 amide bonds. The number of nitrogens with one attached hydrogen (secondary N) is 1. The van der Waals surface area contributed by atoms with E-state index in [1.54, 1.807) is 7.05 Å². The van der Waals surface area contributed by atoms with E-state index in [-0.39, 0.29) is 0 Å². The van der Waals surface area contributed by atoms with Gasteiger partial charge in [0.15, 0.2) is 0 Å². The largest absolute Gasteiger partial charge is 0.469 e. The van der Waals surface area contributed by atoms with Gasteiger partial charge in [-0.05, 0) is 32.9 Å². The van der Waals surface area contributed by atoms with Gasteiger partial charge in [-0.3, -0.25) is 4.79 Å². The van der Waals surface area contributed by atoms with Crippen molar-refractivity contribution in [2.45, 2.75) is 30.9 Å². The Kier molecular flexibility index (Phi) is 6.22. The molecule has 0 spiro atoms. The van der Waals surface area contributed by atoms with Crippen LogP contribution in [0.5, 0.6) is 0 Å². The fraction of sp³-hybridized carbons (Fsp3) is 0.917. The van der Waals surface area contributed by atoms with Crippen LogP contribution in [0, 0.1) is 5.92 Å². The Balaban J connectivity index is 2.72. The van der Waals surface area contributed by atoms with Crippen LogP contribution in [0.2, 0.25) is 0 Å². The average molecular weight is 292 g/mol. The average Bonchev–Trinajstić information content (AvgIpc) is 2.87. The molecular formula is C12H24N2O4S. The maximum Gasteiger partial charge on any atom is 0.310 e. The number of nitrogens with zero attached hydrogens (tertiary/aromatic N) is 1. The molecule has 0 radical (unpaired) electrons. The van der Waals surface area contributed by atoms with Crippen molar-refractivity contribution >= 4 is 16.0 Å². The number of rotatable bonds is 7. The topological polar surface area (TPSA) is 75.7 Å². The predicted molar refractivity (Wildman–Crippen MR) is 73.2 cm³/mol. The molecule has 2 unspecified atom stereocenters. The summed E-state index contributed by atoms with van der Waals surface area (Å²) in [7, 11) is 1.30.